The van der Waals surface area contributed by atoms with Gasteiger partial charge in [0.15, 0.2) is 0 Å². The highest BCUT2D eigenvalue weighted by atomic mass is 16.3. The third-order valence-electron chi connectivity index (χ3n) is 1.45. The molecule has 0 spiro atoms. The first-order valence-electron chi connectivity index (χ1n) is 3.06. The maximum atomic E-state index is 8.90. The molecule has 8 heavy (non-hydrogen) atoms. The van der Waals surface area contributed by atoms with Crippen LogP contribution in [0.5, 0.6) is 0 Å². The first-order chi connectivity index (χ1) is 3.68. The average molecular weight is 117 g/mol. The monoisotopic (exact) mass is 117 g/mol. The highest BCUT2D eigenvalue weighted by Gasteiger charge is 2.05. The minimum Gasteiger partial charge on any atom is -0.393 e. The summed E-state index contributed by atoms with van der Waals surface area (Å²) in [5.41, 5.74) is 5.26. The molecule has 0 saturated carbocycles. The fourth-order valence-corrected chi connectivity index (χ4v) is 0.504. The van der Waals surface area contributed by atoms with Crippen molar-refractivity contribution in [2.24, 2.45) is 11.7 Å². The van der Waals surface area contributed by atoms with E-state index in [4.69, 9.17) is 10.8 Å². The molecule has 0 heterocycles. The SMILES string of the molecule is CC(O)[C@H](C)CCN. The normalized spacial score (nSPS) is 18.0. The molecule has 50 valence electrons. The summed E-state index contributed by atoms with van der Waals surface area (Å²) in [6, 6.07) is 0. The van der Waals surface area contributed by atoms with Crippen molar-refractivity contribution in [3.63, 3.8) is 0 Å². The van der Waals surface area contributed by atoms with Gasteiger partial charge in [-0.2, -0.15) is 0 Å². The van der Waals surface area contributed by atoms with Crippen LogP contribution in [0.1, 0.15) is 20.3 Å². The number of rotatable bonds is 3. The van der Waals surface area contributed by atoms with Crippen LogP contribution >= 0.6 is 0 Å². The minimum atomic E-state index is -0.210. The standard InChI is InChI=1S/C6H15NO/c1-5(3-4-7)6(2)8/h5-6,8H,3-4,7H2,1-2H3/t5-,6?/m1/s1. The third-order valence-corrected chi connectivity index (χ3v) is 1.45. The highest BCUT2D eigenvalue weighted by molar-refractivity contribution is 4.58. The van der Waals surface area contributed by atoms with E-state index in [1.807, 2.05) is 6.92 Å². The summed E-state index contributed by atoms with van der Waals surface area (Å²) >= 11 is 0. The van der Waals surface area contributed by atoms with Crippen LogP contribution in [-0.4, -0.2) is 17.8 Å². The van der Waals surface area contributed by atoms with Crippen molar-refractivity contribution >= 4 is 0 Å². The molecule has 0 aliphatic heterocycles. The second-order valence-corrected chi connectivity index (χ2v) is 2.30. The summed E-state index contributed by atoms with van der Waals surface area (Å²) in [6.45, 7) is 4.46. The minimum absolute atomic E-state index is 0.210. The zero-order valence-electron chi connectivity index (χ0n) is 5.59. The summed E-state index contributed by atoms with van der Waals surface area (Å²) in [5, 5.41) is 8.90. The number of hydrogen-bond donors (Lipinski definition) is 2. The summed E-state index contributed by atoms with van der Waals surface area (Å²) in [4.78, 5) is 0. The first kappa shape index (κ1) is 7.92. The molecule has 0 aliphatic carbocycles. The smallest absolute Gasteiger partial charge is 0.0538 e. The average Bonchev–Trinajstić information content (AvgIpc) is 1.67. The van der Waals surface area contributed by atoms with Gasteiger partial charge in [0.05, 0.1) is 6.10 Å². The zero-order chi connectivity index (χ0) is 6.57. The Kier molecular flexibility index (Phi) is 3.83. The van der Waals surface area contributed by atoms with Crippen molar-refractivity contribution in [1.82, 2.24) is 0 Å². The van der Waals surface area contributed by atoms with Crippen molar-refractivity contribution in [2.45, 2.75) is 26.4 Å². The quantitative estimate of drug-likeness (QED) is 0.560. The van der Waals surface area contributed by atoms with Crippen molar-refractivity contribution in [3.05, 3.63) is 0 Å². The van der Waals surface area contributed by atoms with E-state index >= 15 is 0 Å². The molecule has 2 atom stereocenters. The van der Waals surface area contributed by atoms with E-state index in [2.05, 4.69) is 0 Å². The molecule has 0 fully saturated rings. The van der Waals surface area contributed by atoms with E-state index in [1.165, 1.54) is 0 Å². The van der Waals surface area contributed by atoms with Crippen molar-refractivity contribution < 1.29 is 5.11 Å². The molecule has 0 bridgehead atoms. The maximum absolute atomic E-state index is 8.90. The fraction of sp³-hybridized carbons (Fsp3) is 1.00. The first-order valence-corrected chi connectivity index (χ1v) is 3.06. The summed E-state index contributed by atoms with van der Waals surface area (Å²) < 4.78 is 0. The van der Waals surface area contributed by atoms with Gasteiger partial charge in [0.2, 0.25) is 0 Å². The van der Waals surface area contributed by atoms with Gasteiger partial charge in [-0.05, 0) is 25.8 Å². The molecular formula is C6H15NO. The van der Waals surface area contributed by atoms with Crippen LogP contribution in [0.2, 0.25) is 0 Å². The van der Waals surface area contributed by atoms with Crippen LogP contribution in [0.25, 0.3) is 0 Å². The predicted octanol–water partition coefficient (Wildman–Crippen LogP) is 0.352. The second-order valence-electron chi connectivity index (χ2n) is 2.30. The molecule has 2 nitrogen and oxygen atoms in total. The molecule has 0 aromatic rings. The summed E-state index contributed by atoms with van der Waals surface area (Å²) in [5.74, 6) is 0.347. The van der Waals surface area contributed by atoms with Gasteiger partial charge >= 0.3 is 0 Å². The van der Waals surface area contributed by atoms with E-state index in [0.717, 1.165) is 6.42 Å². The van der Waals surface area contributed by atoms with Crippen molar-refractivity contribution in [2.75, 3.05) is 6.54 Å². The molecule has 1 unspecified atom stereocenters. The third kappa shape index (κ3) is 2.99. The molecule has 0 aromatic heterocycles. The lowest BCUT2D eigenvalue weighted by molar-refractivity contribution is 0.131. The molecule has 0 aromatic carbocycles. The topological polar surface area (TPSA) is 46.2 Å². The van der Waals surface area contributed by atoms with Crippen LogP contribution in [0.15, 0.2) is 0 Å². The van der Waals surface area contributed by atoms with Gasteiger partial charge in [-0.15, -0.1) is 0 Å². The highest BCUT2D eigenvalue weighted by Crippen LogP contribution is 2.04. The van der Waals surface area contributed by atoms with Gasteiger partial charge in [-0.1, -0.05) is 6.92 Å². The largest absolute Gasteiger partial charge is 0.393 e. The Labute approximate surface area is 50.7 Å². The van der Waals surface area contributed by atoms with Gasteiger partial charge in [-0.25, -0.2) is 0 Å². The second kappa shape index (κ2) is 3.87. The summed E-state index contributed by atoms with van der Waals surface area (Å²) in [6.07, 6.45) is 0.705. The lowest BCUT2D eigenvalue weighted by Gasteiger charge is -2.11. The van der Waals surface area contributed by atoms with Gasteiger partial charge in [0.1, 0.15) is 0 Å². The van der Waals surface area contributed by atoms with Crippen molar-refractivity contribution in [1.29, 1.82) is 0 Å². The van der Waals surface area contributed by atoms with Crippen LogP contribution in [0.3, 0.4) is 0 Å². The molecule has 3 N–H and O–H groups in total. The predicted molar refractivity (Wildman–Crippen MR) is 34.5 cm³/mol. The Morgan fingerprint density at radius 1 is 1.50 bits per heavy atom. The Balaban J connectivity index is 3.17. The molecule has 0 radical (unpaired) electrons. The van der Waals surface area contributed by atoms with E-state index in [0.29, 0.717) is 12.5 Å². The van der Waals surface area contributed by atoms with Gasteiger partial charge in [0.25, 0.3) is 0 Å². The molecule has 0 saturated heterocycles. The Hall–Kier alpha value is -0.0800. The molecule has 0 amide bonds. The lowest BCUT2D eigenvalue weighted by Crippen LogP contribution is -2.16. The van der Waals surface area contributed by atoms with Gasteiger partial charge < -0.3 is 10.8 Å². The van der Waals surface area contributed by atoms with Crippen LogP contribution < -0.4 is 5.73 Å². The van der Waals surface area contributed by atoms with E-state index in [1.54, 1.807) is 6.92 Å². The van der Waals surface area contributed by atoms with Gasteiger partial charge in [0, 0.05) is 0 Å². The Morgan fingerprint density at radius 3 is 2.12 bits per heavy atom. The number of aliphatic hydroxyl groups is 1. The Morgan fingerprint density at radius 2 is 2.00 bits per heavy atom. The van der Waals surface area contributed by atoms with Crippen LogP contribution in [0, 0.1) is 5.92 Å². The molecule has 2 heteroatoms. The lowest BCUT2D eigenvalue weighted by atomic mass is 10.0. The summed E-state index contributed by atoms with van der Waals surface area (Å²) in [7, 11) is 0. The van der Waals surface area contributed by atoms with Crippen LogP contribution in [-0.2, 0) is 0 Å². The number of hydrogen-bond acceptors (Lipinski definition) is 2. The number of nitrogens with two attached hydrogens (primary N) is 1. The van der Waals surface area contributed by atoms with Gasteiger partial charge in [-0.3, -0.25) is 0 Å². The number of aliphatic hydroxyl groups excluding tert-OH is 1. The van der Waals surface area contributed by atoms with Crippen molar-refractivity contribution in [3.8, 4) is 0 Å². The van der Waals surface area contributed by atoms with Crippen LogP contribution in [0.4, 0.5) is 0 Å². The maximum Gasteiger partial charge on any atom is 0.0538 e. The molecule has 0 aliphatic rings. The Bertz CT molecular complexity index is 54.5. The van der Waals surface area contributed by atoms with E-state index in [-0.39, 0.29) is 6.10 Å². The van der Waals surface area contributed by atoms with E-state index in [9.17, 15) is 0 Å². The molecule has 0 rings (SSSR count). The van der Waals surface area contributed by atoms with E-state index < -0.39 is 0 Å². The zero-order valence-corrected chi connectivity index (χ0v) is 5.59. The molecular weight excluding hydrogens is 102 g/mol. The fourth-order valence-electron chi connectivity index (χ4n) is 0.504.